The highest BCUT2D eigenvalue weighted by Gasteiger charge is 2.45. The molecule has 3 heterocycles. The molecule has 4 rings (SSSR count). The highest BCUT2D eigenvalue weighted by molar-refractivity contribution is 7.97. The van der Waals surface area contributed by atoms with E-state index in [9.17, 15) is 4.79 Å². The molecule has 1 aromatic heterocycles. The van der Waals surface area contributed by atoms with Gasteiger partial charge in [-0.1, -0.05) is 37.4 Å². The summed E-state index contributed by atoms with van der Waals surface area (Å²) in [6.45, 7) is 9.65. The Hall–Kier alpha value is -1.63. The van der Waals surface area contributed by atoms with Crippen LogP contribution in [0.3, 0.4) is 0 Å². The van der Waals surface area contributed by atoms with Gasteiger partial charge in [0.15, 0.2) is 0 Å². The Morgan fingerprint density at radius 2 is 1.87 bits per heavy atom. The second-order valence-corrected chi connectivity index (χ2v) is 11.0. The maximum absolute atomic E-state index is 15.9. The molecule has 1 saturated heterocycles. The molecule has 0 unspecified atom stereocenters. The molecule has 0 N–H and O–H groups in total. The first-order chi connectivity index (χ1) is 14.1. The van der Waals surface area contributed by atoms with Crippen LogP contribution in [0.5, 0.6) is 0 Å². The summed E-state index contributed by atoms with van der Waals surface area (Å²) in [5, 5.41) is 1.08. The Labute approximate surface area is 186 Å². The van der Waals surface area contributed by atoms with Gasteiger partial charge in [0.1, 0.15) is 5.67 Å². The number of carbonyl (C=O) groups excluding carboxylic acids is 1. The minimum Gasteiger partial charge on any atom is -0.297 e. The summed E-state index contributed by atoms with van der Waals surface area (Å²) < 4.78 is 18.1. The van der Waals surface area contributed by atoms with Crippen LogP contribution in [0.2, 0.25) is 5.02 Å². The predicted octanol–water partition coefficient (Wildman–Crippen LogP) is 5.95. The summed E-state index contributed by atoms with van der Waals surface area (Å²) in [4.78, 5) is 19.2. The fraction of sp³-hybridized carbons (Fsp3) is 0.478. The van der Waals surface area contributed by atoms with Crippen molar-refractivity contribution in [3.63, 3.8) is 0 Å². The molecule has 7 heteroatoms. The van der Waals surface area contributed by atoms with E-state index >= 15 is 4.39 Å². The first kappa shape index (κ1) is 21.6. The predicted molar refractivity (Wildman–Crippen MR) is 122 cm³/mol. The van der Waals surface area contributed by atoms with E-state index < -0.39 is 11.2 Å². The Morgan fingerprint density at radius 1 is 1.17 bits per heavy atom. The minimum atomic E-state index is -1.43. The number of aromatic nitrogens is 1. The lowest BCUT2D eigenvalue weighted by Crippen LogP contribution is -2.40. The third-order valence-electron chi connectivity index (χ3n) is 6.01. The number of hydrogen-bond donors (Lipinski definition) is 0. The van der Waals surface area contributed by atoms with Crippen molar-refractivity contribution in [2.75, 3.05) is 18.0 Å². The summed E-state index contributed by atoms with van der Waals surface area (Å²) in [5.74, 6) is -0.110. The maximum atomic E-state index is 15.9. The van der Waals surface area contributed by atoms with Crippen molar-refractivity contribution in [3.05, 3.63) is 58.4 Å². The van der Waals surface area contributed by atoms with Crippen molar-refractivity contribution in [1.82, 2.24) is 9.29 Å². The fourth-order valence-electron chi connectivity index (χ4n) is 4.47. The van der Waals surface area contributed by atoms with E-state index in [1.54, 1.807) is 47.4 Å². The van der Waals surface area contributed by atoms with Crippen molar-refractivity contribution in [2.45, 2.75) is 57.0 Å². The van der Waals surface area contributed by atoms with Crippen molar-refractivity contribution < 1.29 is 9.18 Å². The number of nitrogens with zero attached hydrogens (tertiary/aromatic N) is 3. The molecular formula is C23H27ClFN3OS. The van der Waals surface area contributed by atoms with E-state index in [0.717, 1.165) is 5.56 Å². The lowest BCUT2D eigenvalue weighted by Gasteiger charge is -2.37. The number of fused-ring (bicyclic) bond motifs is 1. The number of piperidine rings is 1. The molecule has 0 aliphatic carbocycles. The molecule has 0 bridgehead atoms. The molecule has 0 atom stereocenters. The van der Waals surface area contributed by atoms with E-state index in [2.05, 4.69) is 23.1 Å². The van der Waals surface area contributed by atoms with Crippen LogP contribution in [0, 0.1) is 0 Å². The quantitative estimate of drug-likeness (QED) is 0.543. The van der Waals surface area contributed by atoms with E-state index in [1.165, 1.54) is 0 Å². The zero-order valence-electron chi connectivity index (χ0n) is 17.8. The standard InChI is InChI=1S/C23H27ClFN3OS/c1-15(2)30-27-9-7-23(25,8-10-27)16-11-18(14-26-13-16)28-21(29)19-6-5-17(24)12-20(19)22(28,3)4/h5-6,11-15H,7-10H2,1-4H3. The SMILES string of the molecule is CC(C)SN1CCC(F)(c2cncc(N3C(=O)c4ccc(Cl)cc4C3(C)C)c2)CC1. The zero-order valence-corrected chi connectivity index (χ0v) is 19.4. The molecule has 2 aromatic rings. The van der Waals surface area contributed by atoms with Gasteiger partial charge in [0, 0.05) is 40.7 Å². The summed E-state index contributed by atoms with van der Waals surface area (Å²) >= 11 is 7.96. The number of anilines is 1. The van der Waals surface area contributed by atoms with Gasteiger partial charge in [-0.2, -0.15) is 0 Å². The molecule has 1 fully saturated rings. The van der Waals surface area contributed by atoms with Crippen LogP contribution in [0.15, 0.2) is 36.7 Å². The van der Waals surface area contributed by atoms with Gasteiger partial charge >= 0.3 is 0 Å². The molecule has 0 saturated carbocycles. The van der Waals surface area contributed by atoms with Crippen LogP contribution >= 0.6 is 23.5 Å². The Kier molecular flexibility index (Phi) is 5.62. The van der Waals surface area contributed by atoms with E-state index in [4.69, 9.17) is 11.6 Å². The topological polar surface area (TPSA) is 36.4 Å². The average Bonchev–Trinajstić information content (AvgIpc) is 2.89. The Balaban J connectivity index is 1.62. The number of amides is 1. The summed E-state index contributed by atoms with van der Waals surface area (Å²) in [7, 11) is 0. The summed E-state index contributed by atoms with van der Waals surface area (Å²) in [6, 6.07) is 7.13. The van der Waals surface area contributed by atoms with E-state index in [0.29, 0.717) is 53.0 Å². The Morgan fingerprint density at radius 3 is 2.53 bits per heavy atom. The molecular weight excluding hydrogens is 421 g/mol. The number of halogens is 2. The fourth-order valence-corrected chi connectivity index (χ4v) is 5.63. The van der Waals surface area contributed by atoms with Crippen molar-refractivity contribution >= 4 is 35.1 Å². The van der Waals surface area contributed by atoms with Gasteiger partial charge in [-0.25, -0.2) is 4.39 Å². The van der Waals surface area contributed by atoms with Gasteiger partial charge in [-0.15, -0.1) is 0 Å². The zero-order chi connectivity index (χ0) is 21.7. The number of benzene rings is 1. The number of hydrogen-bond acceptors (Lipinski definition) is 4. The molecule has 2 aliphatic rings. The van der Waals surface area contributed by atoms with Crippen molar-refractivity contribution in [2.24, 2.45) is 0 Å². The van der Waals surface area contributed by atoms with Crippen LogP contribution in [-0.2, 0) is 11.2 Å². The highest BCUT2D eigenvalue weighted by atomic mass is 35.5. The van der Waals surface area contributed by atoms with Crippen LogP contribution in [0.4, 0.5) is 10.1 Å². The second-order valence-electron chi connectivity index (χ2n) is 8.87. The van der Waals surface area contributed by atoms with Gasteiger partial charge in [-0.3, -0.25) is 19.0 Å². The van der Waals surface area contributed by atoms with E-state index in [-0.39, 0.29) is 5.91 Å². The number of alkyl halides is 1. The largest absolute Gasteiger partial charge is 0.297 e. The molecule has 4 nitrogen and oxygen atoms in total. The summed E-state index contributed by atoms with van der Waals surface area (Å²) in [5.41, 5.74) is 0.638. The number of pyridine rings is 1. The van der Waals surface area contributed by atoms with Crippen LogP contribution < -0.4 is 4.90 Å². The van der Waals surface area contributed by atoms with Crippen LogP contribution in [0.1, 0.15) is 62.0 Å². The smallest absolute Gasteiger partial charge is 0.259 e. The highest BCUT2D eigenvalue weighted by Crippen LogP contribution is 2.45. The lowest BCUT2D eigenvalue weighted by atomic mass is 9.87. The monoisotopic (exact) mass is 447 g/mol. The first-order valence-corrected chi connectivity index (χ1v) is 11.5. The van der Waals surface area contributed by atoms with Gasteiger partial charge in [0.05, 0.1) is 17.4 Å². The number of rotatable bonds is 4. The molecule has 0 spiro atoms. The van der Waals surface area contributed by atoms with Gasteiger partial charge in [0.2, 0.25) is 0 Å². The van der Waals surface area contributed by atoms with Crippen LogP contribution in [0.25, 0.3) is 0 Å². The lowest BCUT2D eigenvalue weighted by molar-refractivity contribution is 0.0897. The molecule has 160 valence electrons. The number of carbonyl (C=O) groups is 1. The molecule has 1 amide bonds. The van der Waals surface area contributed by atoms with Gasteiger partial charge < -0.3 is 0 Å². The Bertz CT molecular complexity index is 973. The van der Waals surface area contributed by atoms with Gasteiger partial charge in [-0.05, 0) is 56.5 Å². The normalized spacial score (nSPS) is 20.6. The molecule has 0 radical (unpaired) electrons. The molecule has 1 aromatic carbocycles. The molecule has 2 aliphatic heterocycles. The average molecular weight is 448 g/mol. The summed E-state index contributed by atoms with van der Waals surface area (Å²) in [6.07, 6.45) is 4.09. The van der Waals surface area contributed by atoms with Crippen molar-refractivity contribution in [3.8, 4) is 0 Å². The maximum Gasteiger partial charge on any atom is 0.259 e. The van der Waals surface area contributed by atoms with Gasteiger partial charge in [0.25, 0.3) is 5.91 Å². The van der Waals surface area contributed by atoms with Crippen molar-refractivity contribution in [1.29, 1.82) is 0 Å². The third-order valence-corrected chi connectivity index (χ3v) is 7.33. The van der Waals surface area contributed by atoms with Crippen LogP contribution in [-0.4, -0.2) is 33.5 Å². The molecule has 30 heavy (non-hydrogen) atoms. The van der Waals surface area contributed by atoms with E-state index in [1.807, 2.05) is 19.9 Å². The first-order valence-electron chi connectivity index (χ1n) is 10.3. The second kappa shape index (κ2) is 7.81. The third kappa shape index (κ3) is 3.74. The minimum absolute atomic E-state index is 0.110.